The van der Waals surface area contributed by atoms with E-state index in [1.165, 1.54) is 12.1 Å². The van der Waals surface area contributed by atoms with Crippen molar-refractivity contribution >= 4 is 34.7 Å². The fourth-order valence-corrected chi connectivity index (χ4v) is 1.01. The highest BCUT2D eigenvalue weighted by Gasteiger charge is 2.03. The molecular weight excluding hydrogens is 194 g/mol. The number of hydrogen-bond donors (Lipinski definition) is 1. The summed E-state index contributed by atoms with van der Waals surface area (Å²) in [5.41, 5.74) is 0.780. The first-order valence-electron chi connectivity index (χ1n) is 3.09. The van der Waals surface area contributed by atoms with Crippen LogP contribution in [-0.4, -0.2) is 9.12 Å². The van der Waals surface area contributed by atoms with E-state index in [-0.39, 0.29) is 5.69 Å². The zero-order valence-corrected chi connectivity index (χ0v) is 7.64. The molecule has 0 radical (unpaired) electrons. The van der Waals surface area contributed by atoms with Gasteiger partial charge < -0.3 is 0 Å². The second-order valence-corrected chi connectivity index (χ2v) is 3.27. The molecule has 5 heteroatoms. The monoisotopic (exact) mass is 199 g/mol. The molecule has 3 nitrogen and oxygen atoms in total. The van der Waals surface area contributed by atoms with E-state index >= 15 is 0 Å². The van der Waals surface area contributed by atoms with Crippen LogP contribution in [0, 0.1) is 10.1 Å². The van der Waals surface area contributed by atoms with Crippen LogP contribution in [0.3, 0.4) is 0 Å². The van der Waals surface area contributed by atoms with Crippen LogP contribution < -0.4 is 0 Å². The molecule has 1 aromatic carbocycles. The summed E-state index contributed by atoms with van der Waals surface area (Å²) in [6.07, 6.45) is 0. The molecule has 0 fully saturated rings. The number of hydrogen-bond acceptors (Lipinski definition) is 3. The predicted molar refractivity (Wildman–Crippen MR) is 53.8 cm³/mol. The van der Waals surface area contributed by atoms with Crippen molar-refractivity contribution in [1.82, 2.24) is 0 Å². The second-order valence-electron chi connectivity index (χ2n) is 2.11. The standard InChI is InChI=1S/C7H5NO2S2/c9-8(10)6-3-1-5(2-4-6)7(11)12/h1-4H,(H,11,12). The smallest absolute Gasteiger partial charge is 0.258 e. The lowest BCUT2D eigenvalue weighted by Gasteiger charge is -1.94. The predicted octanol–water partition coefficient (Wildman–Crippen LogP) is 2.20. The zero-order chi connectivity index (χ0) is 9.14. The van der Waals surface area contributed by atoms with Crippen molar-refractivity contribution in [1.29, 1.82) is 0 Å². The van der Waals surface area contributed by atoms with E-state index in [0.29, 0.717) is 4.20 Å². The lowest BCUT2D eigenvalue weighted by Crippen LogP contribution is -1.90. The number of thiocarbonyl (C=S) groups is 1. The van der Waals surface area contributed by atoms with Crippen molar-refractivity contribution in [2.24, 2.45) is 0 Å². The minimum Gasteiger partial charge on any atom is -0.258 e. The third-order valence-electron chi connectivity index (χ3n) is 1.33. The highest BCUT2D eigenvalue weighted by molar-refractivity contribution is 8.11. The average molecular weight is 199 g/mol. The maximum atomic E-state index is 10.2. The van der Waals surface area contributed by atoms with E-state index in [1.54, 1.807) is 12.1 Å². The molecule has 0 aliphatic carbocycles. The van der Waals surface area contributed by atoms with Gasteiger partial charge in [0.25, 0.3) is 5.69 Å². The Bertz CT molecular complexity index is 288. The molecular formula is C7H5NO2S2. The molecule has 62 valence electrons. The molecule has 0 atom stereocenters. The van der Waals surface area contributed by atoms with Gasteiger partial charge in [0.05, 0.1) is 9.12 Å². The highest BCUT2D eigenvalue weighted by Crippen LogP contribution is 2.13. The summed E-state index contributed by atoms with van der Waals surface area (Å²) < 4.78 is 0.435. The molecule has 0 aromatic heterocycles. The Labute approximate surface area is 80.0 Å². The van der Waals surface area contributed by atoms with Gasteiger partial charge in [-0.05, 0) is 17.7 Å². The topological polar surface area (TPSA) is 43.1 Å². The molecule has 0 amide bonds. The first-order valence-corrected chi connectivity index (χ1v) is 3.94. The highest BCUT2D eigenvalue weighted by atomic mass is 32.1. The summed E-state index contributed by atoms with van der Waals surface area (Å²) in [6.45, 7) is 0. The largest absolute Gasteiger partial charge is 0.269 e. The van der Waals surface area contributed by atoms with Crippen molar-refractivity contribution in [3.63, 3.8) is 0 Å². The lowest BCUT2D eigenvalue weighted by molar-refractivity contribution is -0.384. The van der Waals surface area contributed by atoms with Gasteiger partial charge in [0, 0.05) is 12.1 Å². The van der Waals surface area contributed by atoms with Crippen molar-refractivity contribution in [3.8, 4) is 0 Å². The van der Waals surface area contributed by atoms with Gasteiger partial charge in [0.2, 0.25) is 0 Å². The molecule has 0 aliphatic heterocycles. The summed E-state index contributed by atoms with van der Waals surface area (Å²) in [4.78, 5) is 9.78. The van der Waals surface area contributed by atoms with E-state index in [0.717, 1.165) is 5.56 Å². The molecule has 1 rings (SSSR count). The lowest BCUT2D eigenvalue weighted by atomic mass is 10.2. The molecule has 0 spiro atoms. The van der Waals surface area contributed by atoms with Crippen molar-refractivity contribution in [2.45, 2.75) is 0 Å². The van der Waals surface area contributed by atoms with Gasteiger partial charge in [-0.15, -0.1) is 12.6 Å². The van der Waals surface area contributed by atoms with Crippen LogP contribution in [-0.2, 0) is 0 Å². The fraction of sp³-hybridized carbons (Fsp3) is 0. The molecule has 0 saturated heterocycles. The van der Waals surface area contributed by atoms with Gasteiger partial charge in [-0.2, -0.15) is 0 Å². The number of benzene rings is 1. The third-order valence-corrected chi connectivity index (χ3v) is 1.82. The first-order chi connectivity index (χ1) is 5.61. The van der Waals surface area contributed by atoms with Crippen LogP contribution in [0.2, 0.25) is 0 Å². The number of thiol groups is 1. The van der Waals surface area contributed by atoms with Crippen LogP contribution in [0.5, 0.6) is 0 Å². The van der Waals surface area contributed by atoms with E-state index in [9.17, 15) is 10.1 Å². The Kier molecular flexibility index (Phi) is 2.78. The Morgan fingerprint density at radius 2 is 1.92 bits per heavy atom. The van der Waals surface area contributed by atoms with Crippen molar-refractivity contribution < 1.29 is 4.92 Å². The number of nitrogens with zero attached hydrogens (tertiary/aromatic N) is 1. The Morgan fingerprint density at radius 3 is 2.25 bits per heavy atom. The van der Waals surface area contributed by atoms with Crippen molar-refractivity contribution in [3.05, 3.63) is 39.9 Å². The number of nitro groups is 1. The Hall–Kier alpha value is -0.940. The summed E-state index contributed by atoms with van der Waals surface area (Å²) in [6, 6.07) is 5.96. The molecule has 1 aromatic rings. The van der Waals surface area contributed by atoms with E-state index in [4.69, 9.17) is 12.2 Å². The van der Waals surface area contributed by atoms with Crippen LogP contribution in [0.25, 0.3) is 0 Å². The van der Waals surface area contributed by atoms with Gasteiger partial charge in [-0.1, -0.05) is 12.2 Å². The van der Waals surface area contributed by atoms with E-state index in [2.05, 4.69) is 12.6 Å². The molecule has 0 aliphatic rings. The fourth-order valence-electron chi connectivity index (χ4n) is 0.726. The summed E-state index contributed by atoms with van der Waals surface area (Å²) in [5, 5.41) is 10.2. The average Bonchev–Trinajstić information content (AvgIpc) is 2.04. The zero-order valence-electron chi connectivity index (χ0n) is 5.93. The molecule has 0 heterocycles. The quantitative estimate of drug-likeness (QED) is 0.343. The molecule has 0 saturated carbocycles. The number of rotatable bonds is 2. The summed E-state index contributed by atoms with van der Waals surface area (Å²) in [5.74, 6) is 0. The van der Waals surface area contributed by atoms with Crippen LogP contribution >= 0.6 is 24.8 Å². The Morgan fingerprint density at radius 1 is 1.42 bits per heavy atom. The van der Waals surface area contributed by atoms with Gasteiger partial charge in [-0.3, -0.25) is 10.1 Å². The molecule has 0 bridgehead atoms. The van der Waals surface area contributed by atoms with Gasteiger partial charge >= 0.3 is 0 Å². The molecule has 0 unspecified atom stereocenters. The maximum absolute atomic E-state index is 10.2. The maximum Gasteiger partial charge on any atom is 0.269 e. The second kappa shape index (κ2) is 3.64. The normalized spacial score (nSPS) is 9.42. The van der Waals surface area contributed by atoms with Gasteiger partial charge in [-0.25, -0.2) is 0 Å². The minimum atomic E-state index is -0.453. The Balaban J connectivity index is 3.01. The van der Waals surface area contributed by atoms with Gasteiger partial charge in [0.1, 0.15) is 0 Å². The van der Waals surface area contributed by atoms with Gasteiger partial charge in [0.15, 0.2) is 0 Å². The van der Waals surface area contributed by atoms with Crippen molar-refractivity contribution in [2.75, 3.05) is 0 Å². The van der Waals surface area contributed by atoms with E-state index in [1.807, 2.05) is 0 Å². The van der Waals surface area contributed by atoms with E-state index < -0.39 is 4.92 Å². The summed E-state index contributed by atoms with van der Waals surface area (Å²) >= 11 is 8.70. The minimum absolute atomic E-state index is 0.0586. The van der Waals surface area contributed by atoms with Crippen LogP contribution in [0.1, 0.15) is 5.56 Å². The third kappa shape index (κ3) is 2.02. The molecule has 0 N–H and O–H groups in total. The molecule has 12 heavy (non-hydrogen) atoms. The van der Waals surface area contributed by atoms with Crippen LogP contribution in [0.4, 0.5) is 5.69 Å². The SMILES string of the molecule is O=[N+]([O-])c1ccc(C(=S)S)cc1. The van der Waals surface area contributed by atoms with Crippen LogP contribution in [0.15, 0.2) is 24.3 Å². The number of non-ortho nitro benzene ring substituents is 1. The number of nitro benzene ring substituents is 1. The first kappa shape index (κ1) is 9.15. The summed E-state index contributed by atoms with van der Waals surface area (Å²) in [7, 11) is 0.